The lowest BCUT2D eigenvalue weighted by Gasteiger charge is -2.06. The summed E-state index contributed by atoms with van der Waals surface area (Å²) in [5, 5.41) is 3.42. The van der Waals surface area contributed by atoms with E-state index < -0.39 is 0 Å². The molecule has 0 radical (unpaired) electrons. The van der Waals surface area contributed by atoms with Crippen molar-refractivity contribution < 1.29 is 0 Å². The van der Waals surface area contributed by atoms with Gasteiger partial charge in [0.2, 0.25) is 0 Å². The number of benzene rings is 1. The number of aromatic nitrogens is 4. The van der Waals surface area contributed by atoms with Crippen LogP contribution in [0.25, 0.3) is 5.69 Å². The number of hydrogen-bond acceptors (Lipinski definition) is 3. The first kappa shape index (κ1) is 12.6. The molecule has 3 aromatic rings. The highest BCUT2D eigenvalue weighted by molar-refractivity contribution is 5.34. The summed E-state index contributed by atoms with van der Waals surface area (Å²) in [7, 11) is 0. The Morgan fingerprint density at radius 3 is 2.75 bits per heavy atom. The summed E-state index contributed by atoms with van der Waals surface area (Å²) in [4.78, 5) is 11.3. The first-order valence-corrected chi connectivity index (χ1v) is 6.68. The van der Waals surface area contributed by atoms with Crippen LogP contribution in [-0.4, -0.2) is 26.1 Å². The van der Waals surface area contributed by atoms with Gasteiger partial charge in [-0.25, -0.2) is 9.97 Å². The van der Waals surface area contributed by atoms with E-state index in [2.05, 4.69) is 44.5 Å². The maximum Gasteiger partial charge on any atom is 0.107 e. The molecule has 102 valence electrons. The van der Waals surface area contributed by atoms with E-state index in [1.807, 2.05) is 17.0 Å². The summed E-state index contributed by atoms with van der Waals surface area (Å²) < 4.78 is 1.99. The Hall–Kier alpha value is -2.40. The Balaban J connectivity index is 1.48. The van der Waals surface area contributed by atoms with Crippen LogP contribution in [0.3, 0.4) is 0 Å². The largest absolute Gasteiger partial charge is 0.349 e. The standard InChI is InChI=1S/C15H17N5/c1-3-14(20-10-9-17-12-20)4-2-13(1)11-16-6-5-15-18-7-8-19-15/h1-4,7-10,12,16H,5-6,11H2,(H,18,19). The van der Waals surface area contributed by atoms with E-state index in [0.29, 0.717) is 0 Å². The van der Waals surface area contributed by atoms with Crippen LogP contribution in [-0.2, 0) is 13.0 Å². The summed E-state index contributed by atoms with van der Waals surface area (Å²) in [6, 6.07) is 8.47. The summed E-state index contributed by atoms with van der Waals surface area (Å²) in [6.07, 6.45) is 10.1. The zero-order chi connectivity index (χ0) is 13.6. The van der Waals surface area contributed by atoms with Crippen LogP contribution >= 0.6 is 0 Å². The van der Waals surface area contributed by atoms with E-state index in [9.17, 15) is 0 Å². The molecule has 0 atom stereocenters. The predicted octanol–water partition coefficient (Wildman–Crippen LogP) is 1.93. The Morgan fingerprint density at radius 2 is 2.05 bits per heavy atom. The molecule has 2 N–H and O–H groups in total. The minimum atomic E-state index is 0.866. The smallest absolute Gasteiger partial charge is 0.107 e. The molecule has 1 aromatic carbocycles. The van der Waals surface area contributed by atoms with Crippen LogP contribution in [0, 0.1) is 0 Å². The van der Waals surface area contributed by atoms with Crippen LogP contribution in [0.1, 0.15) is 11.4 Å². The van der Waals surface area contributed by atoms with Crippen LogP contribution < -0.4 is 5.32 Å². The number of H-pyrrole nitrogens is 1. The molecule has 0 aliphatic carbocycles. The van der Waals surface area contributed by atoms with Gasteiger partial charge in [0.25, 0.3) is 0 Å². The van der Waals surface area contributed by atoms with Crippen molar-refractivity contribution >= 4 is 0 Å². The predicted molar refractivity (Wildman–Crippen MR) is 77.6 cm³/mol. The van der Waals surface area contributed by atoms with Gasteiger partial charge in [-0.2, -0.15) is 0 Å². The molecule has 0 bridgehead atoms. The maximum atomic E-state index is 4.20. The van der Waals surface area contributed by atoms with E-state index in [4.69, 9.17) is 0 Å². The fourth-order valence-corrected chi connectivity index (χ4v) is 2.07. The number of aromatic amines is 1. The van der Waals surface area contributed by atoms with Gasteiger partial charge < -0.3 is 14.9 Å². The highest BCUT2D eigenvalue weighted by Gasteiger charge is 1.98. The molecule has 0 aliphatic heterocycles. The second kappa shape index (κ2) is 6.16. The third-order valence-electron chi connectivity index (χ3n) is 3.16. The van der Waals surface area contributed by atoms with Gasteiger partial charge in [-0.15, -0.1) is 0 Å². The molecule has 0 aliphatic rings. The normalized spacial score (nSPS) is 10.8. The maximum absolute atomic E-state index is 4.20. The van der Waals surface area contributed by atoms with Crippen molar-refractivity contribution in [1.29, 1.82) is 0 Å². The lowest BCUT2D eigenvalue weighted by atomic mass is 10.2. The van der Waals surface area contributed by atoms with E-state index >= 15 is 0 Å². The van der Waals surface area contributed by atoms with Crippen molar-refractivity contribution in [2.24, 2.45) is 0 Å². The molecule has 0 unspecified atom stereocenters. The van der Waals surface area contributed by atoms with Crippen molar-refractivity contribution in [3.05, 3.63) is 66.8 Å². The summed E-state index contributed by atoms with van der Waals surface area (Å²) in [5.41, 5.74) is 2.40. The molecule has 20 heavy (non-hydrogen) atoms. The van der Waals surface area contributed by atoms with Crippen LogP contribution in [0.2, 0.25) is 0 Å². The topological polar surface area (TPSA) is 58.5 Å². The minimum Gasteiger partial charge on any atom is -0.349 e. The van der Waals surface area contributed by atoms with E-state index in [1.165, 1.54) is 5.56 Å². The minimum absolute atomic E-state index is 0.866. The van der Waals surface area contributed by atoms with E-state index in [1.54, 1.807) is 18.7 Å². The molecule has 5 heteroatoms. The molecule has 0 saturated heterocycles. The fourth-order valence-electron chi connectivity index (χ4n) is 2.07. The molecular weight excluding hydrogens is 250 g/mol. The second-order valence-corrected chi connectivity index (χ2v) is 4.60. The number of nitrogens with zero attached hydrogens (tertiary/aromatic N) is 3. The number of rotatable bonds is 6. The lowest BCUT2D eigenvalue weighted by Crippen LogP contribution is -2.17. The molecular formula is C15H17N5. The van der Waals surface area contributed by atoms with Gasteiger partial charge in [-0.1, -0.05) is 12.1 Å². The second-order valence-electron chi connectivity index (χ2n) is 4.60. The fraction of sp³-hybridized carbons (Fsp3) is 0.200. The number of imidazole rings is 2. The summed E-state index contributed by atoms with van der Waals surface area (Å²) in [6.45, 7) is 1.78. The van der Waals surface area contributed by atoms with Crippen LogP contribution in [0.15, 0.2) is 55.4 Å². The molecule has 2 aromatic heterocycles. The van der Waals surface area contributed by atoms with Gasteiger partial charge in [0.15, 0.2) is 0 Å². The van der Waals surface area contributed by atoms with E-state index in [-0.39, 0.29) is 0 Å². The molecule has 2 heterocycles. The number of nitrogens with one attached hydrogen (secondary N) is 2. The first-order valence-electron chi connectivity index (χ1n) is 6.68. The highest BCUT2D eigenvalue weighted by atomic mass is 15.0. The lowest BCUT2D eigenvalue weighted by molar-refractivity contribution is 0.674. The third-order valence-corrected chi connectivity index (χ3v) is 3.16. The summed E-state index contributed by atoms with van der Waals surface area (Å²) in [5.74, 6) is 1.02. The SMILES string of the molecule is c1cn(-c2ccc(CNCCc3ncc[nH]3)cc2)cn1. The Kier molecular flexibility index (Phi) is 3.89. The van der Waals surface area contributed by atoms with Crippen molar-refractivity contribution in [3.63, 3.8) is 0 Å². The Morgan fingerprint density at radius 1 is 1.15 bits per heavy atom. The van der Waals surface area contributed by atoms with E-state index in [0.717, 1.165) is 31.0 Å². The number of hydrogen-bond donors (Lipinski definition) is 2. The van der Waals surface area contributed by atoms with Gasteiger partial charge in [0, 0.05) is 50.0 Å². The van der Waals surface area contributed by atoms with Crippen LogP contribution in [0.4, 0.5) is 0 Å². The van der Waals surface area contributed by atoms with Crippen molar-refractivity contribution in [1.82, 2.24) is 24.8 Å². The van der Waals surface area contributed by atoms with Crippen LogP contribution in [0.5, 0.6) is 0 Å². The Labute approximate surface area is 117 Å². The van der Waals surface area contributed by atoms with Gasteiger partial charge in [0.1, 0.15) is 5.82 Å². The van der Waals surface area contributed by atoms with Gasteiger partial charge in [-0.3, -0.25) is 0 Å². The Bertz CT molecular complexity index is 611. The molecule has 0 spiro atoms. The average molecular weight is 267 g/mol. The quantitative estimate of drug-likeness (QED) is 0.671. The molecule has 0 amide bonds. The first-order chi connectivity index (χ1) is 9.92. The zero-order valence-corrected chi connectivity index (χ0v) is 11.2. The van der Waals surface area contributed by atoms with Gasteiger partial charge >= 0.3 is 0 Å². The average Bonchev–Trinajstić information content (AvgIpc) is 3.17. The molecule has 0 saturated carbocycles. The van der Waals surface area contributed by atoms with Gasteiger partial charge in [-0.05, 0) is 17.7 Å². The third kappa shape index (κ3) is 3.13. The molecule has 3 rings (SSSR count). The van der Waals surface area contributed by atoms with Gasteiger partial charge in [0.05, 0.1) is 6.33 Å². The monoisotopic (exact) mass is 267 g/mol. The van der Waals surface area contributed by atoms with Crippen molar-refractivity contribution in [2.75, 3.05) is 6.54 Å². The summed E-state index contributed by atoms with van der Waals surface area (Å²) >= 11 is 0. The molecule has 0 fully saturated rings. The van der Waals surface area contributed by atoms with Crippen molar-refractivity contribution in [3.8, 4) is 5.69 Å². The van der Waals surface area contributed by atoms with Crippen molar-refractivity contribution in [2.45, 2.75) is 13.0 Å². The highest BCUT2D eigenvalue weighted by Crippen LogP contribution is 2.09. The zero-order valence-electron chi connectivity index (χ0n) is 11.2. The molecule has 5 nitrogen and oxygen atoms in total.